The predicted octanol–water partition coefficient (Wildman–Crippen LogP) is 1.02. The van der Waals surface area contributed by atoms with Crippen LogP contribution in [0.5, 0.6) is 0 Å². The second-order valence-electron chi connectivity index (χ2n) is 6.06. The van der Waals surface area contributed by atoms with Gasteiger partial charge in [-0.15, -0.1) is 11.3 Å². The van der Waals surface area contributed by atoms with E-state index in [4.69, 9.17) is 5.14 Å². The van der Waals surface area contributed by atoms with Crippen LogP contribution in [0.25, 0.3) is 0 Å². The largest absolute Gasteiger partial charge is 0.308 e. The van der Waals surface area contributed by atoms with Gasteiger partial charge in [0.1, 0.15) is 4.21 Å². The number of thiophene rings is 1. The van der Waals surface area contributed by atoms with E-state index in [-0.39, 0.29) is 10.3 Å². The van der Waals surface area contributed by atoms with Gasteiger partial charge in [0, 0.05) is 25.7 Å². The van der Waals surface area contributed by atoms with Crippen LogP contribution in [0.3, 0.4) is 0 Å². The predicted molar refractivity (Wildman–Crippen MR) is 90.6 cm³/mol. The summed E-state index contributed by atoms with van der Waals surface area (Å²) in [7, 11) is 0.557. The number of nitrogens with two attached hydrogens (primary N) is 1. The first-order chi connectivity index (χ1) is 10.3. The first-order valence-corrected chi connectivity index (χ1v) is 10.4. The van der Waals surface area contributed by atoms with E-state index in [2.05, 4.69) is 35.1 Å². The topological polar surface area (TPSA) is 69.9 Å². The summed E-state index contributed by atoms with van der Waals surface area (Å²) in [5.74, 6) is 0. The van der Waals surface area contributed by atoms with E-state index in [1.54, 1.807) is 18.0 Å². The molecule has 3 unspecified atom stereocenters. The lowest BCUT2D eigenvalue weighted by Crippen LogP contribution is -2.56. The summed E-state index contributed by atoms with van der Waals surface area (Å²) in [6.45, 7) is 6.07. The van der Waals surface area contributed by atoms with Gasteiger partial charge < -0.3 is 4.90 Å². The van der Waals surface area contributed by atoms with Crippen LogP contribution in [-0.2, 0) is 10.0 Å². The smallest absolute Gasteiger partial charge is 0.247 e. The zero-order valence-electron chi connectivity index (χ0n) is 13.0. The normalized spacial score (nSPS) is 28.9. The number of piperazine rings is 1. The second kappa shape index (κ2) is 6.04. The Labute approximate surface area is 140 Å². The van der Waals surface area contributed by atoms with Crippen molar-refractivity contribution in [2.24, 2.45) is 5.14 Å². The molecule has 22 heavy (non-hydrogen) atoms. The number of rotatable bonds is 4. The first kappa shape index (κ1) is 16.7. The molecule has 0 saturated carbocycles. The molecule has 0 aliphatic carbocycles. The van der Waals surface area contributed by atoms with Crippen LogP contribution >= 0.6 is 23.3 Å². The van der Waals surface area contributed by atoms with Crippen LogP contribution in [0.4, 0.5) is 0 Å². The molecule has 1 saturated heterocycles. The van der Waals surface area contributed by atoms with Gasteiger partial charge in [-0.1, -0.05) is 6.92 Å². The van der Waals surface area contributed by atoms with Crippen molar-refractivity contribution in [3.63, 3.8) is 0 Å². The lowest BCUT2D eigenvalue weighted by atomic mass is 10.0. The van der Waals surface area contributed by atoms with Crippen LogP contribution in [0, 0.1) is 0 Å². The molecule has 0 spiro atoms. The fourth-order valence-electron chi connectivity index (χ4n) is 3.17. The van der Waals surface area contributed by atoms with Gasteiger partial charge in [0.25, 0.3) is 0 Å². The molecule has 9 heteroatoms. The highest BCUT2D eigenvalue weighted by atomic mass is 32.3. The first-order valence-electron chi connectivity index (χ1n) is 7.29. The number of sulfonamides is 1. The van der Waals surface area contributed by atoms with Crippen molar-refractivity contribution >= 4 is 33.3 Å². The Balaban J connectivity index is 1.96. The molecule has 0 aromatic carbocycles. The molecule has 3 heterocycles. The average molecular weight is 363 g/mol. The molecular formula is C13H22N4O2S3. The molecule has 1 fully saturated rings. The Hall–Kier alpha value is -0.160. The molecule has 0 radical (unpaired) electrons. The standard InChI is InChI=1S/C13H22N4O2S3/c1-4-16-7-9(6-15(2)3)17-8-11(16)10-5-12(22(14,18)19)20-13(10)21-17/h5,9,11H,4,6-8H2,1-3H3,(H2,14,18,19). The van der Waals surface area contributed by atoms with Crippen molar-refractivity contribution in [2.75, 3.05) is 40.3 Å². The fourth-order valence-corrected chi connectivity index (χ4v) is 6.73. The minimum atomic E-state index is -3.62. The molecule has 6 nitrogen and oxygen atoms in total. The minimum absolute atomic E-state index is 0.270. The number of hydrogen-bond acceptors (Lipinski definition) is 7. The highest BCUT2D eigenvalue weighted by Gasteiger charge is 2.41. The molecule has 1 aromatic heterocycles. The van der Waals surface area contributed by atoms with Crippen LogP contribution in [0.15, 0.2) is 14.5 Å². The Morgan fingerprint density at radius 2 is 2.14 bits per heavy atom. The van der Waals surface area contributed by atoms with Gasteiger partial charge in [-0.3, -0.25) is 4.90 Å². The average Bonchev–Trinajstić information content (AvgIpc) is 2.85. The number of likely N-dealkylation sites (N-methyl/N-ethyl adjacent to an activating group) is 2. The SMILES string of the molecule is CCN1CC(CN(C)C)N2CC1c1cc(S(N)(=O)=O)sc1S2. The van der Waals surface area contributed by atoms with Crippen molar-refractivity contribution in [3.8, 4) is 0 Å². The number of nitrogens with zero attached hydrogens (tertiary/aromatic N) is 3. The molecule has 1 aromatic rings. The molecule has 2 bridgehead atoms. The third-order valence-electron chi connectivity index (χ3n) is 4.17. The molecule has 2 aliphatic rings. The minimum Gasteiger partial charge on any atom is -0.308 e. The number of fused-ring (bicyclic) bond motifs is 4. The quantitative estimate of drug-likeness (QED) is 0.807. The summed E-state index contributed by atoms with van der Waals surface area (Å²) >= 11 is 2.99. The van der Waals surface area contributed by atoms with E-state index in [0.29, 0.717) is 6.04 Å². The third-order valence-corrected chi connectivity index (χ3v) is 8.09. The summed E-state index contributed by atoms with van der Waals surface area (Å²) in [5, 5.41) is 5.31. The van der Waals surface area contributed by atoms with E-state index in [1.807, 2.05) is 0 Å². The summed E-state index contributed by atoms with van der Waals surface area (Å²) in [6.07, 6.45) is 0. The molecule has 3 rings (SSSR count). The van der Waals surface area contributed by atoms with Crippen LogP contribution in [-0.4, -0.2) is 68.8 Å². The van der Waals surface area contributed by atoms with E-state index < -0.39 is 10.0 Å². The van der Waals surface area contributed by atoms with Crippen molar-refractivity contribution in [1.82, 2.24) is 14.1 Å². The maximum Gasteiger partial charge on any atom is 0.247 e. The van der Waals surface area contributed by atoms with Gasteiger partial charge in [-0.05, 0) is 44.2 Å². The molecule has 0 amide bonds. The van der Waals surface area contributed by atoms with Gasteiger partial charge in [0.05, 0.1) is 10.3 Å². The van der Waals surface area contributed by atoms with Gasteiger partial charge in [0.2, 0.25) is 10.0 Å². The summed E-state index contributed by atoms with van der Waals surface area (Å²) in [5.41, 5.74) is 1.13. The van der Waals surface area contributed by atoms with Crippen LogP contribution < -0.4 is 5.14 Å². The summed E-state index contributed by atoms with van der Waals surface area (Å²) in [6, 6.07) is 2.50. The maximum atomic E-state index is 11.6. The van der Waals surface area contributed by atoms with Gasteiger partial charge >= 0.3 is 0 Å². The van der Waals surface area contributed by atoms with Crippen LogP contribution in [0.2, 0.25) is 0 Å². The van der Waals surface area contributed by atoms with Crippen molar-refractivity contribution < 1.29 is 8.42 Å². The molecule has 124 valence electrons. The monoisotopic (exact) mass is 362 g/mol. The Morgan fingerprint density at radius 3 is 2.73 bits per heavy atom. The maximum absolute atomic E-state index is 11.6. The highest BCUT2D eigenvalue weighted by Crippen LogP contribution is 2.48. The highest BCUT2D eigenvalue weighted by molar-refractivity contribution is 7.99. The Morgan fingerprint density at radius 1 is 1.41 bits per heavy atom. The van der Waals surface area contributed by atoms with E-state index in [9.17, 15) is 8.42 Å². The van der Waals surface area contributed by atoms with E-state index in [1.165, 1.54) is 11.3 Å². The lowest BCUT2D eigenvalue weighted by molar-refractivity contribution is 0.0700. The second-order valence-corrected chi connectivity index (χ2v) is 10.2. The Kier molecular flexibility index (Phi) is 4.59. The molecular weight excluding hydrogens is 340 g/mol. The zero-order chi connectivity index (χ0) is 16.1. The van der Waals surface area contributed by atoms with E-state index in [0.717, 1.165) is 36.0 Å². The van der Waals surface area contributed by atoms with Gasteiger partial charge in [0.15, 0.2) is 0 Å². The molecule has 3 atom stereocenters. The van der Waals surface area contributed by atoms with Crippen molar-refractivity contribution in [3.05, 3.63) is 11.6 Å². The van der Waals surface area contributed by atoms with E-state index >= 15 is 0 Å². The third kappa shape index (κ3) is 3.08. The van der Waals surface area contributed by atoms with Crippen molar-refractivity contribution in [2.45, 2.75) is 27.4 Å². The number of primary sulfonamides is 1. The van der Waals surface area contributed by atoms with Crippen LogP contribution in [0.1, 0.15) is 18.5 Å². The van der Waals surface area contributed by atoms with Gasteiger partial charge in [-0.25, -0.2) is 17.9 Å². The molecule has 2 N–H and O–H groups in total. The summed E-state index contributed by atoms with van der Waals surface area (Å²) < 4.78 is 27.1. The molecule has 2 aliphatic heterocycles. The van der Waals surface area contributed by atoms with Gasteiger partial charge in [-0.2, -0.15) is 0 Å². The van der Waals surface area contributed by atoms with Crippen molar-refractivity contribution in [1.29, 1.82) is 0 Å². The fraction of sp³-hybridized carbons (Fsp3) is 0.692. The Bertz CT molecular complexity index is 658. The zero-order valence-corrected chi connectivity index (χ0v) is 15.5. The lowest BCUT2D eigenvalue weighted by Gasteiger charge is -2.48. The number of hydrogen-bond donors (Lipinski definition) is 1. The summed E-state index contributed by atoms with van der Waals surface area (Å²) in [4.78, 5) is 4.65.